The van der Waals surface area contributed by atoms with Crippen LogP contribution in [0.15, 0.2) is 8.68 Å². The summed E-state index contributed by atoms with van der Waals surface area (Å²) in [4.78, 5) is 0. The van der Waals surface area contributed by atoms with Crippen molar-refractivity contribution in [3.8, 4) is 0 Å². The van der Waals surface area contributed by atoms with E-state index in [0.717, 1.165) is 21.8 Å². The minimum absolute atomic E-state index is 0.553. The molecule has 1 aromatic rings. The van der Waals surface area contributed by atoms with E-state index in [-0.39, 0.29) is 0 Å². The van der Waals surface area contributed by atoms with E-state index in [2.05, 4.69) is 29.4 Å². The highest BCUT2D eigenvalue weighted by Crippen LogP contribution is 2.29. The number of hydrogen-bond acceptors (Lipinski definition) is 6. The van der Waals surface area contributed by atoms with Crippen LogP contribution >= 0.6 is 34.9 Å². The Bertz CT molecular complexity index is 264. The van der Waals surface area contributed by atoms with Crippen LogP contribution in [0.5, 0.6) is 0 Å². The van der Waals surface area contributed by atoms with Crippen molar-refractivity contribution in [2.24, 2.45) is 0 Å². The lowest BCUT2D eigenvalue weighted by molar-refractivity contribution is 0.712. The summed E-state index contributed by atoms with van der Waals surface area (Å²) < 4.78 is 2.11. The second kappa shape index (κ2) is 6.66. The lowest BCUT2D eigenvalue weighted by atomic mass is 10.5. The molecule has 80 valence electrons. The first-order valence-corrected chi connectivity index (χ1v) is 7.43. The predicted molar refractivity (Wildman–Crippen MR) is 65.6 cm³/mol. The second-order valence-electron chi connectivity index (χ2n) is 2.77. The molecule has 0 aromatic carbocycles. The maximum absolute atomic E-state index is 4.12. The fourth-order valence-corrected chi connectivity index (χ4v) is 3.61. The summed E-state index contributed by atoms with van der Waals surface area (Å²) in [5, 5.41) is 12.0. The molecule has 0 aliphatic heterocycles. The molecule has 1 unspecified atom stereocenters. The van der Waals surface area contributed by atoms with Crippen LogP contribution in [0, 0.1) is 0 Å². The Labute approximate surface area is 97.5 Å². The zero-order valence-electron chi connectivity index (χ0n) is 8.61. The zero-order chi connectivity index (χ0) is 10.4. The molecule has 1 rings (SSSR count). The van der Waals surface area contributed by atoms with Crippen molar-refractivity contribution in [1.29, 1.82) is 0 Å². The van der Waals surface area contributed by atoms with Crippen molar-refractivity contribution in [3.63, 3.8) is 0 Å². The topological polar surface area (TPSA) is 37.8 Å². The summed E-state index contributed by atoms with van der Waals surface area (Å²) in [6, 6.07) is 0. The van der Waals surface area contributed by atoms with Crippen molar-refractivity contribution in [2.75, 3.05) is 19.3 Å². The van der Waals surface area contributed by atoms with Gasteiger partial charge in [0.05, 0.1) is 0 Å². The van der Waals surface area contributed by atoms with Gasteiger partial charge in [-0.3, -0.25) is 0 Å². The van der Waals surface area contributed by atoms with E-state index in [1.165, 1.54) is 0 Å². The first-order valence-electron chi connectivity index (χ1n) is 4.51. The molecule has 0 saturated carbocycles. The summed E-state index contributed by atoms with van der Waals surface area (Å²) >= 11 is 5.11. The summed E-state index contributed by atoms with van der Waals surface area (Å²) in [5.41, 5.74) is 0. The molecule has 0 amide bonds. The molecule has 14 heavy (non-hydrogen) atoms. The smallest absolute Gasteiger partial charge is 0.175 e. The average Bonchev–Trinajstić information content (AvgIpc) is 2.62. The van der Waals surface area contributed by atoms with Crippen LogP contribution < -0.4 is 5.32 Å². The Morgan fingerprint density at radius 2 is 2.14 bits per heavy atom. The van der Waals surface area contributed by atoms with Crippen molar-refractivity contribution in [1.82, 2.24) is 15.5 Å². The molecule has 0 fully saturated rings. The fourth-order valence-electron chi connectivity index (χ4n) is 0.889. The first-order chi connectivity index (χ1) is 6.76. The SMILES string of the molecule is CCNCC(C)Sc1nnc(SC)s1. The van der Waals surface area contributed by atoms with Crippen LogP contribution in [0.1, 0.15) is 13.8 Å². The molecule has 0 bridgehead atoms. The second-order valence-corrected chi connectivity index (χ2v) is 6.49. The van der Waals surface area contributed by atoms with Gasteiger partial charge in [-0.25, -0.2) is 0 Å². The lowest BCUT2D eigenvalue weighted by Crippen LogP contribution is -2.21. The van der Waals surface area contributed by atoms with Crippen LogP contribution in [0.25, 0.3) is 0 Å². The number of hydrogen-bond donors (Lipinski definition) is 1. The van der Waals surface area contributed by atoms with Gasteiger partial charge in [0.1, 0.15) is 0 Å². The van der Waals surface area contributed by atoms with Crippen LogP contribution in [-0.2, 0) is 0 Å². The highest BCUT2D eigenvalue weighted by atomic mass is 32.2. The molecule has 0 spiro atoms. The van der Waals surface area contributed by atoms with Gasteiger partial charge in [-0.1, -0.05) is 48.7 Å². The molecule has 1 N–H and O–H groups in total. The maximum Gasteiger partial charge on any atom is 0.175 e. The van der Waals surface area contributed by atoms with Gasteiger partial charge in [0.25, 0.3) is 0 Å². The molecular formula is C8H15N3S3. The predicted octanol–water partition coefficient (Wildman–Crippen LogP) is 2.35. The Hall–Kier alpha value is 0.220. The molecule has 1 heterocycles. The number of nitrogens with one attached hydrogen (secondary N) is 1. The Morgan fingerprint density at radius 1 is 1.43 bits per heavy atom. The molecule has 0 radical (unpaired) electrons. The first kappa shape index (κ1) is 12.3. The molecule has 0 saturated heterocycles. The van der Waals surface area contributed by atoms with Gasteiger partial charge in [-0.2, -0.15) is 0 Å². The Balaban J connectivity index is 2.35. The molecule has 1 aromatic heterocycles. The van der Waals surface area contributed by atoms with E-state index in [1.54, 1.807) is 34.9 Å². The van der Waals surface area contributed by atoms with E-state index in [9.17, 15) is 0 Å². The van der Waals surface area contributed by atoms with Crippen LogP contribution in [-0.4, -0.2) is 34.8 Å². The van der Waals surface area contributed by atoms with Gasteiger partial charge in [0.15, 0.2) is 8.68 Å². The van der Waals surface area contributed by atoms with Crippen molar-refractivity contribution in [3.05, 3.63) is 0 Å². The van der Waals surface area contributed by atoms with Gasteiger partial charge in [0, 0.05) is 11.8 Å². The Kier molecular flexibility index (Phi) is 5.84. The third-order valence-electron chi connectivity index (χ3n) is 1.55. The fraction of sp³-hybridized carbons (Fsp3) is 0.750. The van der Waals surface area contributed by atoms with Crippen LogP contribution in [0.2, 0.25) is 0 Å². The highest BCUT2D eigenvalue weighted by molar-refractivity contribution is 8.03. The summed E-state index contributed by atoms with van der Waals surface area (Å²) in [6.07, 6.45) is 2.02. The summed E-state index contributed by atoms with van der Waals surface area (Å²) in [5.74, 6) is 0. The van der Waals surface area contributed by atoms with E-state index in [0.29, 0.717) is 5.25 Å². The standard InChI is InChI=1S/C8H15N3S3/c1-4-9-5-6(2)13-8-11-10-7(12-3)14-8/h6,9H,4-5H2,1-3H3. The van der Waals surface area contributed by atoms with E-state index in [4.69, 9.17) is 0 Å². The van der Waals surface area contributed by atoms with E-state index in [1.807, 2.05) is 6.26 Å². The summed E-state index contributed by atoms with van der Waals surface area (Å²) in [7, 11) is 0. The van der Waals surface area contributed by atoms with Gasteiger partial charge in [0.2, 0.25) is 0 Å². The number of thioether (sulfide) groups is 2. The minimum Gasteiger partial charge on any atom is -0.316 e. The minimum atomic E-state index is 0.553. The monoisotopic (exact) mass is 249 g/mol. The Morgan fingerprint density at radius 3 is 2.71 bits per heavy atom. The molecule has 0 aliphatic carbocycles. The largest absolute Gasteiger partial charge is 0.316 e. The maximum atomic E-state index is 4.12. The van der Waals surface area contributed by atoms with E-state index >= 15 is 0 Å². The normalized spacial score (nSPS) is 13.1. The third kappa shape index (κ3) is 4.16. The molecule has 1 atom stereocenters. The van der Waals surface area contributed by atoms with Gasteiger partial charge in [-0.05, 0) is 12.8 Å². The van der Waals surface area contributed by atoms with Gasteiger partial charge in [-0.15, -0.1) is 10.2 Å². The van der Waals surface area contributed by atoms with Crippen molar-refractivity contribution in [2.45, 2.75) is 27.8 Å². The summed E-state index contributed by atoms with van der Waals surface area (Å²) in [6.45, 7) is 6.37. The number of nitrogens with zero attached hydrogens (tertiary/aromatic N) is 2. The highest BCUT2D eigenvalue weighted by Gasteiger charge is 2.08. The lowest BCUT2D eigenvalue weighted by Gasteiger charge is -2.07. The third-order valence-corrected chi connectivity index (χ3v) is 4.63. The van der Waals surface area contributed by atoms with Crippen molar-refractivity contribution < 1.29 is 0 Å². The number of aromatic nitrogens is 2. The number of rotatable bonds is 6. The van der Waals surface area contributed by atoms with Crippen molar-refractivity contribution >= 4 is 34.9 Å². The molecular weight excluding hydrogens is 234 g/mol. The van der Waals surface area contributed by atoms with Crippen LogP contribution in [0.4, 0.5) is 0 Å². The molecule has 0 aliphatic rings. The molecule has 3 nitrogen and oxygen atoms in total. The molecule has 6 heteroatoms. The zero-order valence-corrected chi connectivity index (χ0v) is 11.1. The van der Waals surface area contributed by atoms with Gasteiger partial charge < -0.3 is 5.32 Å². The van der Waals surface area contributed by atoms with Gasteiger partial charge >= 0.3 is 0 Å². The average molecular weight is 249 g/mol. The van der Waals surface area contributed by atoms with Crippen LogP contribution in [0.3, 0.4) is 0 Å². The quantitative estimate of drug-likeness (QED) is 0.783. The van der Waals surface area contributed by atoms with E-state index < -0.39 is 0 Å².